The fraction of sp³-hybridized carbons (Fsp3) is 0.853. The maximum absolute atomic E-state index is 12.4. The second kappa shape index (κ2) is 23.6. The van der Waals surface area contributed by atoms with E-state index in [4.69, 9.17) is 4.74 Å². The first-order valence-corrected chi connectivity index (χ1v) is 17.5. The maximum atomic E-state index is 12.4. The zero-order valence-corrected chi connectivity index (χ0v) is 26.9. The summed E-state index contributed by atoms with van der Waals surface area (Å²) in [6.45, 7) is 1.80. The number of ether oxygens (including phenoxy) is 1. The van der Waals surface area contributed by atoms with Crippen molar-refractivity contribution in [2.75, 3.05) is 11.9 Å². The Hall–Kier alpha value is -1.81. The quantitative estimate of drug-likeness (QED) is 0.0853. The van der Waals surface area contributed by atoms with Crippen LogP contribution >= 0.6 is 0 Å². The Balaban J connectivity index is 1.37. The molecule has 1 aliphatic heterocycles. The monoisotopic (exact) mass is 607 g/mol. The van der Waals surface area contributed by atoms with Crippen LogP contribution in [0, 0.1) is 0 Å². The van der Waals surface area contributed by atoms with Gasteiger partial charge in [-0.15, -0.1) is 0 Å². The predicted octanol–water partition coefficient (Wildman–Crippen LogP) is 6.79. The molecule has 1 aromatic rings. The highest BCUT2D eigenvalue weighted by Crippen LogP contribution is 2.28. The highest BCUT2D eigenvalue weighted by molar-refractivity contribution is 5.89. The average molecular weight is 608 g/mol. The van der Waals surface area contributed by atoms with Gasteiger partial charge in [-0.25, -0.2) is 4.79 Å². The maximum Gasteiger partial charge on any atom is 0.351 e. The third-order valence-corrected chi connectivity index (χ3v) is 8.65. The third kappa shape index (κ3) is 15.7. The number of nitrogens with one attached hydrogen (secondary N) is 1. The SMILES string of the molecule is CCCCCCCCCCCCCCCCCCCCCCCCC(=O)Nc1ccn([C@@H]2O[C@H](CO)[C@@H](O)[C@@H]2O)c(=O)n1. The largest absolute Gasteiger partial charge is 0.394 e. The summed E-state index contributed by atoms with van der Waals surface area (Å²) in [5, 5.41) is 31.9. The van der Waals surface area contributed by atoms with Crippen molar-refractivity contribution >= 4 is 11.7 Å². The van der Waals surface area contributed by atoms with Crippen LogP contribution in [0.5, 0.6) is 0 Å². The molecule has 0 bridgehead atoms. The fourth-order valence-corrected chi connectivity index (χ4v) is 5.89. The lowest BCUT2D eigenvalue weighted by Gasteiger charge is -2.17. The Morgan fingerprint density at radius 1 is 0.767 bits per heavy atom. The van der Waals surface area contributed by atoms with Gasteiger partial charge in [-0.3, -0.25) is 9.36 Å². The van der Waals surface area contributed by atoms with Crippen LogP contribution in [0.4, 0.5) is 5.82 Å². The summed E-state index contributed by atoms with van der Waals surface area (Å²) in [7, 11) is 0. The highest BCUT2D eigenvalue weighted by atomic mass is 16.6. The molecule has 1 aliphatic rings. The van der Waals surface area contributed by atoms with Crippen LogP contribution in [0.25, 0.3) is 0 Å². The molecule has 4 atom stereocenters. The predicted molar refractivity (Wildman–Crippen MR) is 172 cm³/mol. The van der Waals surface area contributed by atoms with Crippen molar-refractivity contribution in [3.05, 3.63) is 22.7 Å². The smallest absolute Gasteiger partial charge is 0.351 e. The molecule has 0 aromatic carbocycles. The van der Waals surface area contributed by atoms with Crippen molar-refractivity contribution in [3.8, 4) is 0 Å². The van der Waals surface area contributed by atoms with Crippen LogP contribution in [-0.2, 0) is 9.53 Å². The summed E-state index contributed by atoms with van der Waals surface area (Å²) in [6, 6.07) is 1.45. The zero-order valence-electron chi connectivity index (χ0n) is 26.9. The first kappa shape index (κ1) is 37.4. The molecule has 2 rings (SSSR count). The molecule has 0 saturated carbocycles. The van der Waals surface area contributed by atoms with Gasteiger partial charge in [-0.05, 0) is 12.5 Å². The summed E-state index contributed by atoms with van der Waals surface area (Å²) in [4.78, 5) is 28.5. The Morgan fingerprint density at radius 2 is 1.21 bits per heavy atom. The number of hydrogen-bond donors (Lipinski definition) is 4. The van der Waals surface area contributed by atoms with Gasteiger partial charge >= 0.3 is 5.69 Å². The van der Waals surface area contributed by atoms with Gasteiger partial charge in [-0.2, -0.15) is 4.98 Å². The number of carbonyl (C=O) groups excluding carboxylic acids is 1. The molecule has 2 heterocycles. The second-order valence-corrected chi connectivity index (χ2v) is 12.5. The van der Waals surface area contributed by atoms with Gasteiger partial charge in [0.05, 0.1) is 6.61 Å². The van der Waals surface area contributed by atoms with E-state index in [1.54, 1.807) is 0 Å². The van der Waals surface area contributed by atoms with E-state index < -0.39 is 36.8 Å². The number of amides is 1. The Morgan fingerprint density at radius 3 is 1.60 bits per heavy atom. The van der Waals surface area contributed by atoms with Crippen LogP contribution in [-0.4, -0.2) is 55.7 Å². The molecule has 4 N–H and O–H groups in total. The number of aliphatic hydroxyl groups excluding tert-OH is 3. The van der Waals surface area contributed by atoms with E-state index in [1.165, 1.54) is 134 Å². The summed E-state index contributed by atoms with van der Waals surface area (Å²) in [5.74, 6) is -0.0532. The molecule has 0 radical (unpaired) electrons. The molecule has 1 fully saturated rings. The number of rotatable bonds is 26. The van der Waals surface area contributed by atoms with Crippen LogP contribution in [0.2, 0.25) is 0 Å². The van der Waals surface area contributed by atoms with E-state index >= 15 is 0 Å². The van der Waals surface area contributed by atoms with Crippen molar-refractivity contribution in [2.45, 2.75) is 179 Å². The standard InChI is InChI=1S/C34H61N3O6/c1-2-3-4-5-6-7-8-9-10-11-12-13-14-15-16-17-18-19-20-21-22-23-24-30(39)35-29-25-26-37(34(42)36-29)33-32(41)31(40)28(27-38)43-33/h25-26,28,31-33,38,40-41H,2-24,27H2,1H3,(H,35,36,39,42)/t28-,31-,32+,33-/m1/s1. The van der Waals surface area contributed by atoms with Gasteiger partial charge in [0, 0.05) is 12.6 Å². The number of hydrogen-bond acceptors (Lipinski definition) is 7. The number of anilines is 1. The van der Waals surface area contributed by atoms with Gasteiger partial charge < -0.3 is 25.4 Å². The highest BCUT2D eigenvalue weighted by Gasteiger charge is 2.43. The van der Waals surface area contributed by atoms with Crippen molar-refractivity contribution in [2.24, 2.45) is 0 Å². The van der Waals surface area contributed by atoms with Gasteiger partial charge in [0.2, 0.25) is 5.91 Å². The molecule has 9 nitrogen and oxygen atoms in total. The van der Waals surface area contributed by atoms with Gasteiger partial charge in [-0.1, -0.05) is 142 Å². The van der Waals surface area contributed by atoms with Crippen molar-refractivity contribution in [1.82, 2.24) is 9.55 Å². The number of aliphatic hydroxyl groups is 3. The minimum atomic E-state index is -1.37. The van der Waals surface area contributed by atoms with Crippen LogP contribution in [0.3, 0.4) is 0 Å². The van der Waals surface area contributed by atoms with E-state index in [2.05, 4.69) is 17.2 Å². The number of nitrogens with zero attached hydrogens (tertiary/aromatic N) is 2. The summed E-state index contributed by atoms with van der Waals surface area (Å²) >= 11 is 0. The van der Waals surface area contributed by atoms with Gasteiger partial charge in [0.25, 0.3) is 0 Å². The second-order valence-electron chi connectivity index (χ2n) is 12.5. The molecule has 1 aromatic heterocycles. The van der Waals surface area contributed by atoms with E-state index in [0.717, 1.165) is 23.8 Å². The van der Waals surface area contributed by atoms with Crippen LogP contribution in [0.1, 0.15) is 161 Å². The van der Waals surface area contributed by atoms with Crippen molar-refractivity contribution in [1.29, 1.82) is 0 Å². The molecule has 1 saturated heterocycles. The Kier molecular flexibility index (Phi) is 20.5. The van der Waals surface area contributed by atoms with E-state index in [-0.39, 0.29) is 11.7 Å². The summed E-state index contributed by atoms with van der Waals surface area (Å²) in [6.07, 6.45) is 26.1. The Labute approximate surface area is 259 Å². The molecular weight excluding hydrogens is 546 g/mol. The van der Waals surface area contributed by atoms with Gasteiger partial charge in [0.15, 0.2) is 6.23 Å². The lowest BCUT2D eigenvalue weighted by Crippen LogP contribution is -2.36. The lowest BCUT2D eigenvalue weighted by molar-refractivity contribution is -0.116. The lowest BCUT2D eigenvalue weighted by atomic mass is 10.0. The first-order chi connectivity index (χ1) is 21.0. The van der Waals surface area contributed by atoms with E-state index in [1.807, 2.05) is 0 Å². The third-order valence-electron chi connectivity index (χ3n) is 8.65. The molecule has 9 heteroatoms. The average Bonchev–Trinajstić information content (AvgIpc) is 3.28. The minimum Gasteiger partial charge on any atom is -0.394 e. The molecule has 0 unspecified atom stereocenters. The number of unbranched alkanes of at least 4 members (excludes halogenated alkanes) is 21. The summed E-state index contributed by atoms with van der Waals surface area (Å²) < 4.78 is 6.40. The van der Waals surface area contributed by atoms with E-state index in [9.17, 15) is 24.9 Å². The molecule has 43 heavy (non-hydrogen) atoms. The number of carbonyl (C=O) groups is 1. The van der Waals surface area contributed by atoms with Crippen molar-refractivity contribution in [3.63, 3.8) is 0 Å². The fourth-order valence-electron chi connectivity index (χ4n) is 5.89. The molecule has 248 valence electrons. The van der Waals surface area contributed by atoms with Crippen molar-refractivity contribution < 1.29 is 24.9 Å². The minimum absolute atomic E-state index is 0.136. The van der Waals surface area contributed by atoms with E-state index in [0.29, 0.717) is 6.42 Å². The van der Waals surface area contributed by atoms with Crippen LogP contribution < -0.4 is 11.0 Å². The molecule has 0 aliphatic carbocycles. The van der Waals surface area contributed by atoms with Gasteiger partial charge in [0.1, 0.15) is 24.1 Å². The first-order valence-electron chi connectivity index (χ1n) is 17.5. The van der Waals surface area contributed by atoms with Crippen LogP contribution in [0.15, 0.2) is 17.1 Å². The molecule has 0 spiro atoms. The topological polar surface area (TPSA) is 134 Å². The number of aromatic nitrogens is 2. The normalized spacial score (nSPS) is 20.1. The molecular formula is C34H61N3O6. The summed E-state index contributed by atoms with van der Waals surface area (Å²) in [5.41, 5.74) is -0.725. The Bertz CT molecular complexity index is 910. The molecule has 1 amide bonds. The zero-order chi connectivity index (χ0) is 31.1.